The summed E-state index contributed by atoms with van der Waals surface area (Å²) in [5.74, 6) is 2.58. The molecular weight excluding hydrogens is 288 g/mol. The number of hydrogen-bond acceptors (Lipinski definition) is 4. The highest BCUT2D eigenvalue weighted by molar-refractivity contribution is 5.78. The van der Waals surface area contributed by atoms with E-state index in [1.807, 2.05) is 34.8 Å². The molecule has 118 valence electrons. The minimum absolute atomic E-state index is 0.821. The van der Waals surface area contributed by atoms with Crippen LogP contribution in [-0.2, 0) is 7.05 Å². The first-order valence-corrected chi connectivity index (χ1v) is 8.20. The van der Waals surface area contributed by atoms with Crippen molar-refractivity contribution < 1.29 is 0 Å². The van der Waals surface area contributed by atoms with Gasteiger partial charge in [-0.15, -0.1) is 0 Å². The van der Waals surface area contributed by atoms with E-state index in [9.17, 15) is 0 Å². The Kier molecular flexibility index (Phi) is 2.76. The molecule has 3 atom stereocenters. The monoisotopic (exact) mass is 308 g/mol. The summed E-state index contributed by atoms with van der Waals surface area (Å²) >= 11 is 0. The highest BCUT2D eigenvalue weighted by Crippen LogP contribution is 2.48. The first-order valence-electron chi connectivity index (χ1n) is 8.20. The van der Waals surface area contributed by atoms with Gasteiger partial charge in [-0.3, -0.25) is 4.68 Å². The second-order valence-corrected chi connectivity index (χ2v) is 6.74. The van der Waals surface area contributed by atoms with E-state index in [-0.39, 0.29) is 0 Å². The summed E-state index contributed by atoms with van der Waals surface area (Å²) in [6.45, 7) is 3.43. The molecule has 5 rings (SSSR count). The van der Waals surface area contributed by atoms with E-state index in [2.05, 4.69) is 39.2 Å². The molecule has 1 unspecified atom stereocenters. The summed E-state index contributed by atoms with van der Waals surface area (Å²) < 4.78 is 3.77. The molecule has 2 aliphatic rings. The molecule has 0 spiro atoms. The molecule has 6 nitrogen and oxygen atoms in total. The highest BCUT2D eigenvalue weighted by Gasteiger charge is 2.52. The molecule has 3 aromatic rings. The van der Waals surface area contributed by atoms with E-state index in [4.69, 9.17) is 0 Å². The Morgan fingerprint density at radius 1 is 1.22 bits per heavy atom. The Bertz CT molecular complexity index is 853. The number of hydrogen-bond donors (Lipinski definition) is 2. The lowest BCUT2D eigenvalue weighted by atomic mass is 10.1. The molecule has 0 bridgehead atoms. The molecule has 1 saturated carbocycles. The van der Waals surface area contributed by atoms with Crippen LogP contribution in [0, 0.1) is 17.8 Å². The summed E-state index contributed by atoms with van der Waals surface area (Å²) in [4.78, 5) is 0. The third-order valence-electron chi connectivity index (χ3n) is 5.34. The number of aromatic nitrogens is 4. The molecule has 23 heavy (non-hydrogen) atoms. The summed E-state index contributed by atoms with van der Waals surface area (Å²) in [7, 11) is 1.94. The SMILES string of the molecule is Cn1cc(-c2cc(NCC3[C@H]4CNC[C@@H]34)c3ccnn3c2)cn1. The maximum atomic E-state index is 4.41. The quantitative estimate of drug-likeness (QED) is 0.769. The van der Waals surface area contributed by atoms with Gasteiger partial charge in [0.25, 0.3) is 0 Å². The minimum atomic E-state index is 0.821. The third-order valence-corrected chi connectivity index (χ3v) is 5.34. The van der Waals surface area contributed by atoms with E-state index < -0.39 is 0 Å². The second-order valence-electron chi connectivity index (χ2n) is 6.74. The lowest BCUT2D eigenvalue weighted by Crippen LogP contribution is -2.18. The fourth-order valence-corrected chi connectivity index (χ4v) is 3.98. The summed E-state index contributed by atoms with van der Waals surface area (Å²) in [6, 6.07) is 4.27. The zero-order valence-electron chi connectivity index (χ0n) is 13.1. The van der Waals surface area contributed by atoms with Crippen molar-refractivity contribution in [3.63, 3.8) is 0 Å². The van der Waals surface area contributed by atoms with Crippen LogP contribution in [0.4, 0.5) is 5.69 Å². The van der Waals surface area contributed by atoms with Crippen molar-refractivity contribution in [1.82, 2.24) is 24.7 Å². The molecule has 0 aromatic carbocycles. The van der Waals surface area contributed by atoms with Gasteiger partial charge in [-0.05, 0) is 43.0 Å². The Balaban J connectivity index is 1.45. The van der Waals surface area contributed by atoms with Gasteiger partial charge in [0.2, 0.25) is 0 Å². The molecule has 1 aliphatic heterocycles. The lowest BCUT2D eigenvalue weighted by Gasteiger charge is -2.11. The topological polar surface area (TPSA) is 59.2 Å². The van der Waals surface area contributed by atoms with Gasteiger partial charge < -0.3 is 10.6 Å². The van der Waals surface area contributed by atoms with Crippen LogP contribution in [0.15, 0.2) is 36.9 Å². The summed E-state index contributed by atoms with van der Waals surface area (Å²) in [5.41, 5.74) is 4.53. The first kappa shape index (κ1) is 13.1. The molecule has 2 fully saturated rings. The smallest absolute Gasteiger partial charge is 0.0893 e. The van der Waals surface area contributed by atoms with Crippen molar-refractivity contribution in [1.29, 1.82) is 0 Å². The Morgan fingerprint density at radius 2 is 2.09 bits per heavy atom. The number of pyridine rings is 1. The van der Waals surface area contributed by atoms with Gasteiger partial charge in [-0.1, -0.05) is 0 Å². The number of nitrogens with one attached hydrogen (secondary N) is 2. The zero-order valence-corrected chi connectivity index (χ0v) is 13.1. The van der Waals surface area contributed by atoms with Gasteiger partial charge in [-0.25, -0.2) is 4.52 Å². The highest BCUT2D eigenvalue weighted by atomic mass is 15.2. The third kappa shape index (κ3) is 2.13. The van der Waals surface area contributed by atoms with E-state index in [1.54, 1.807) is 0 Å². The number of nitrogens with zero attached hydrogens (tertiary/aromatic N) is 4. The molecule has 1 aliphatic carbocycles. The standard InChI is InChI=1S/C17H20N6/c1-22-9-12(5-21-22)11-4-16(17-2-3-20-23(17)10-11)19-8-15-13-6-18-7-14(13)15/h2-5,9-10,13-15,18-19H,6-8H2,1H3/t13-,14+,15?. The second kappa shape index (κ2) is 4.83. The van der Waals surface area contributed by atoms with Gasteiger partial charge in [0.15, 0.2) is 0 Å². The van der Waals surface area contributed by atoms with Crippen LogP contribution in [0.3, 0.4) is 0 Å². The van der Waals surface area contributed by atoms with Crippen molar-refractivity contribution in [3.05, 3.63) is 36.9 Å². The van der Waals surface area contributed by atoms with Crippen molar-refractivity contribution in [2.75, 3.05) is 25.0 Å². The predicted octanol–water partition coefficient (Wildman–Crippen LogP) is 1.61. The number of aryl methyl sites for hydroxylation is 1. The molecule has 6 heteroatoms. The first-order chi connectivity index (χ1) is 11.3. The molecule has 1 saturated heterocycles. The van der Waals surface area contributed by atoms with E-state index in [0.29, 0.717) is 0 Å². The van der Waals surface area contributed by atoms with Gasteiger partial charge in [0, 0.05) is 37.1 Å². The zero-order chi connectivity index (χ0) is 15.4. The van der Waals surface area contributed by atoms with Crippen molar-refractivity contribution in [2.45, 2.75) is 0 Å². The maximum Gasteiger partial charge on any atom is 0.0893 e. The molecule has 4 heterocycles. The van der Waals surface area contributed by atoms with E-state index in [0.717, 1.165) is 46.6 Å². The van der Waals surface area contributed by atoms with Crippen LogP contribution in [0.5, 0.6) is 0 Å². The average molecular weight is 308 g/mol. The maximum absolute atomic E-state index is 4.41. The van der Waals surface area contributed by atoms with Gasteiger partial charge in [-0.2, -0.15) is 10.2 Å². The van der Waals surface area contributed by atoms with Crippen LogP contribution in [-0.4, -0.2) is 39.0 Å². The van der Waals surface area contributed by atoms with Crippen LogP contribution < -0.4 is 10.6 Å². The Hall–Kier alpha value is -2.34. The number of piperidine rings is 1. The Labute approximate surface area is 134 Å². The molecule has 0 amide bonds. The number of anilines is 1. The minimum Gasteiger partial charge on any atom is -0.383 e. The number of fused-ring (bicyclic) bond motifs is 2. The summed E-state index contributed by atoms with van der Waals surface area (Å²) in [6.07, 6.45) is 7.84. The van der Waals surface area contributed by atoms with Crippen LogP contribution >= 0.6 is 0 Å². The normalized spacial score (nSPS) is 25.7. The van der Waals surface area contributed by atoms with Gasteiger partial charge in [0.1, 0.15) is 0 Å². The van der Waals surface area contributed by atoms with Crippen molar-refractivity contribution >= 4 is 11.2 Å². The van der Waals surface area contributed by atoms with Gasteiger partial charge >= 0.3 is 0 Å². The molecule has 2 N–H and O–H groups in total. The molecule has 0 radical (unpaired) electrons. The Morgan fingerprint density at radius 3 is 2.87 bits per heavy atom. The van der Waals surface area contributed by atoms with E-state index >= 15 is 0 Å². The molecule has 3 aromatic heterocycles. The predicted molar refractivity (Wildman–Crippen MR) is 89.2 cm³/mol. The van der Waals surface area contributed by atoms with E-state index in [1.165, 1.54) is 13.1 Å². The fraction of sp³-hybridized carbons (Fsp3) is 0.412. The van der Waals surface area contributed by atoms with Crippen LogP contribution in [0.1, 0.15) is 0 Å². The summed E-state index contributed by atoms with van der Waals surface area (Å²) in [5, 5.41) is 15.8. The van der Waals surface area contributed by atoms with Crippen LogP contribution in [0.2, 0.25) is 0 Å². The van der Waals surface area contributed by atoms with Crippen LogP contribution in [0.25, 0.3) is 16.6 Å². The van der Waals surface area contributed by atoms with Gasteiger partial charge in [0.05, 0.1) is 23.6 Å². The fourth-order valence-electron chi connectivity index (χ4n) is 3.98. The van der Waals surface area contributed by atoms with Crippen molar-refractivity contribution in [3.8, 4) is 11.1 Å². The largest absolute Gasteiger partial charge is 0.383 e. The number of rotatable bonds is 4. The average Bonchev–Trinajstić information content (AvgIpc) is 3.07. The van der Waals surface area contributed by atoms with Crippen molar-refractivity contribution in [2.24, 2.45) is 24.8 Å². The molecular formula is C17H20N6. The lowest BCUT2D eigenvalue weighted by molar-refractivity contribution is 0.615.